The highest BCUT2D eigenvalue weighted by Gasteiger charge is 2.14. The van der Waals surface area contributed by atoms with Crippen molar-refractivity contribution in [1.82, 2.24) is 5.32 Å². The number of hydrogen-bond acceptors (Lipinski definition) is 3. The summed E-state index contributed by atoms with van der Waals surface area (Å²) in [6, 6.07) is 3.07. The number of phenolic OH excluding ortho intramolecular Hbond substituents is 1. The predicted molar refractivity (Wildman–Crippen MR) is 66.4 cm³/mol. The molecular weight excluding hydrogens is 243 g/mol. The lowest BCUT2D eigenvalue weighted by Crippen LogP contribution is -2.35. The number of aromatic hydroxyl groups is 1. The molecule has 6 heteroatoms. The molecule has 4 N–H and O–H groups in total. The summed E-state index contributed by atoms with van der Waals surface area (Å²) in [7, 11) is 0. The summed E-state index contributed by atoms with van der Waals surface area (Å²) >= 11 is 4.70. The van der Waals surface area contributed by atoms with E-state index in [1.165, 1.54) is 12.1 Å². The van der Waals surface area contributed by atoms with Crippen LogP contribution in [0.4, 0.5) is 4.39 Å². The van der Waals surface area contributed by atoms with Gasteiger partial charge in [0.25, 0.3) is 5.91 Å². The predicted octanol–water partition coefficient (Wildman–Crippen LogP) is 1.33. The zero-order valence-corrected chi connectivity index (χ0v) is 10.1. The number of carbonyl (C=O) groups excluding carboxylic acids is 1. The Kier molecular flexibility index (Phi) is 4.39. The van der Waals surface area contributed by atoms with Crippen LogP contribution in [0.2, 0.25) is 0 Å². The van der Waals surface area contributed by atoms with Crippen LogP contribution in [0, 0.1) is 5.82 Å². The summed E-state index contributed by atoms with van der Waals surface area (Å²) < 4.78 is 13.3. The quantitative estimate of drug-likeness (QED) is 0.710. The Morgan fingerprint density at radius 1 is 1.65 bits per heavy atom. The maximum absolute atomic E-state index is 13.3. The van der Waals surface area contributed by atoms with Gasteiger partial charge in [0.2, 0.25) is 0 Å². The van der Waals surface area contributed by atoms with Crippen molar-refractivity contribution in [3.63, 3.8) is 0 Å². The van der Waals surface area contributed by atoms with E-state index < -0.39 is 11.7 Å². The largest absolute Gasteiger partial charge is 0.508 e. The fourth-order valence-corrected chi connectivity index (χ4v) is 1.59. The zero-order chi connectivity index (χ0) is 13.0. The highest BCUT2D eigenvalue weighted by molar-refractivity contribution is 7.80. The second kappa shape index (κ2) is 5.58. The molecule has 1 unspecified atom stereocenters. The van der Waals surface area contributed by atoms with E-state index in [2.05, 4.69) is 5.32 Å². The van der Waals surface area contributed by atoms with Gasteiger partial charge in [0.05, 0.1) is 10.6 Å². The summed E-state index contributed by atoms with van der Waals surface area (Å²) in [6.45, 7) is 1.72. The van der Waals surface area contributed by atoms with Crippen LogP contribution >= 0.6 is 12.2 Å². The molecule has 0 heterocycles. The van der Waals surface area contributed by atoms with E-state index in [0.717, 1.165) is 6.07 Å². The molecule has 1 aromatic rings. The first-order valence-electron chi connectivity index (χ1n) is 4.98. The van der Waals surface area contributed by atoms with E-state index in [9.17, 15) is 9.18 Å². The first kappa shape index (κ1) is 13.4. The molecule has 0 fully saturated rings. The summed E-state index contributed by atoms with van der Waals surface area (Å²) in [4.78, 5) is 11.9. The summed E-state index contributed by atoms with van der Waals surface area (Å²) in [5.74, 6) is -1.56. The molecule has 0 aliphatic heterocycles. The van der Waals surface area contributed by atoms with Crippen LogP contribution < -0.4 is 11.1 Å². The Labute approximate surface area is 104 Å². The average Bonchev–Trinajstić information content (AvgIpc) is 2.15. The van der Waals surface area contributed by atoms with Crippen LogP contribution in [0.25, 0.3) is 0 Å². The molecule has 1 atom stereocenters. The topological polar surface area (TPSA) is 75.3 Å². The number of thiocarbonyl (C=S) groups is 1. The Bertz CT molecular complexity index is 451. The van der Waals surface area contributed by atoms with E-state index in [1.54, 1.807) is 6.92 Å². The third kappa shape index (κ3) is 3.99. The van der Waals surface area contributed by atoms with Crippen LogP contribution in [-0.4, -0.2) is 22.0 Å². The van der Waals surface area contributed by atoms with Gasteiger partial charge in [0, 0.05) is 18.5 Å². The van der Waals surface area contributed by atoms with E-state index in [-0.39, 0.29) is 22.3 Å². The maximum Gasteiger partial charge on any atom is 0.254 e. The lowest BCUT2D eigenvalue weighted by atomic mass is 10.1. The van der Waals surface area contributed by atoms with Crippen LogP contribution in [-0.2, 0) is 0 Å². The fraction of sp³-hybridized carbons (Fsp3) is 0.273. The molecule has 0 aromatic heterocycles. The van der Waals surface area contributed by atoms with Gasteiger partial charge in [0.1, 0.15) is 11.6 Å². The van der Waals surface area contributed by atoms with Crippen LogP contribution in [0.3, 0.4) is 0 Å². The number of nitrogens with two attached hydrogens (primary N) is 1. The summed E-state index contributed by atoms with van der Waals surface area (Å²) in [5.41, 5.74) is 5.20. The van der Waals surface area contributed by atoms with Crippen molar-refractivity contribution >= 4 is 23.1 Å². The minimum atomic E-state index is -0.773. The molecule has 1 aromatic carbocycles. The standard InChI is InChI=1S/C11H13FN2O2S/c1-6(4-10(13)17)14-11(16)8-3-2-7(15)5-9(8)12/h2-3,5-6,15H,4H2,1H3,(H2,13,17)(H,14,16). The third-order valence-corrected chi connectivity index (χ3v) is 2.25. The number of amides is 1. The molecule has 0 bridgehead atoms. The maximum atomic E-state index is 13.3. The number of carbonyl (C=O) groups is 1. The number of rotatable bonds is 4. The second-order valence-corrected chi connectivity index (χ2v) is 4.23. The Hall–Kier alpha value is -1.69. The summed E-state index contributed by atoms with van der Waals surface area (Å²) in [6.07, 6.45) is 0.348. The number of halogens is 1. The molecular formula is C11H13FN2O2S. The van der Waals surface area contributed by atoms with Crippen molar-refractivity contribution in [2.75, 3.05) is 0 Å². The highest BCUT2D eigenvalue weighted by atomic mass is 32.1. The summed E-state index contributed by atoms with van der Waals surface area (Å²) in [5, 5.41) is 11.6. The second-order valence-electron chi connectivity index (χ2n) is 3.71. The molecule has 0 radical (unpaired) electrons. The molecule has 1 rings (SSSR count). The minimum absolute atomic E-state index is 0.127. The van der Waals surface area contributed by atoms with E-state index in [4.69, 9.17) is 23.1 Å². The monoisotopic (exact) mass is 256 g/mol. The average molecular weight is 256 g/mol. The van der Waals surface area contributed by atoms with Crippen molar-refractivity contribution in [3.8, 4) is 5.75 Å². The molecule has 92 valence electrons. The van der Waals surface area contributed by atoms with Crippen molar-refractivity contribution in [2.45, 2.75) is 19.4 Å². The molecule has 0 aliphatic carbocycles. The molecule has 0 aliphatic rings. The highest BCUT2D eigenvalue weighted by Crippen LogP contribution is 2.15. The van der Waals surface area contributed by atoms with Gasteiger partial charge in [-0.05, 0) is 19.1 Å². The number of phenols is 1. The Morgan fingerprint density at radius 3 is 2.82 bits per heavy atom. The molecule has 0 saturated heterocycles. The first-order valence-corrected chi connectivity index (χ1v) is 5.38. The van der Waals surface area contributed by atoms with Crippen molar-refractivity contribution in [3.05, 3.63) is 29.6 Å². The van der Waals surface area contributed by atoms with Crippen molar-refractivity contribution in [2.24, 2.45) is 5.73 Å². The SMILES string of the molecule is CC(CC(N)=S)NC(=O)c1ccc(O)cc1F. The van der Waals surface area contributed by atoms with Crippen LogP contribution in [0.1, 0.15) is 23.7 Å². The van der Waals surface area contributed by atoms with Gasteiger partial charge >= 0.3 is 0 Å². The van der Waals surface area contributed by atoms with Gasteiger partial charge in [-0.1, -0.05) is 12.2 Å². The van der Waals surface area contributed by atoms with E-state index in [1.807, 2.05) is 0 Å². The van der Waals surface area contributed by atoms with Gasteiger partial charge in [0.15, 0.2) is 0 Å². The van der Waals surface area contributed by atoms with Crippen molar-refractivity contribution in [1.29, 1.82) is 0 Å². The van der Waals surface area contributed by atoms with Gasteiger partial charge in [-0.2, -0.15) is 0 Å². The smallest absolute Gasteiger partial charge is 0.254 e. The van der Waals surface area contributed by atoms with Gasteiger partial charge < -0.3 is 16.2 Å². The molecule has 17 heavy (non-hydrogen) atoms. The number of benzene rings is 1. The number of nitrogens with one attached hydrogen (secondary N) is 1. The van der Waals surface area contributed by atoms with Crippen molar-refractivity contribution < 1.29 is 14.3 Å². The van der Waals surface area contributed by atoms with Crippen LogP contribution in [0.15, 0.2) is 18.2 Å². The molecule has 1 amide bonds. The Morgan fingerprint density at radius 2 is 2.29 bits per heavy atom. The van der Waals surface area contributed by atoms with Gasteiger partial charge in [-0.3, -0.25) is 4.79 Å². The molecule has 0 saturated carbocycles. The minimum Gasteiger partial charge on any atom is -0.508 e. The molecule has 0 spiro atoms. The van der Waals surface area contributed by atoms with Gasteiger partial charge in [-0.25, -0.2) is 4.39 Å². The lowest BCUT2D eigenvalue weighted by molar-refractivity contribution is 0.0937. The number of hydrogen-bond donors (Lipinski definition) is 3. The van der Waals surface area contributed by atoms with E-state index >= 15 is 0 Å². The zero-order valence-electron chi connectivity index (χ0n) is 9.24. The van der Waals surface area contributed by atoms with Crippen LogP contribution in [0.5, 0.6) is 5.75 Å². The third-order valence-electron chi connectivity index (χ3n) is 2.08. The molecule has 4 nitrogen and oxygen atoms in total. The Balaban J connectivity index is 2.73. The normalized spacial score (nSPS) is 11.9. The fourth-order valence-electron chi connectivity index (χ4n) is 1.34. The van der Waals surface area contributed by atoms with E-state index in [0.29, 0.717) is 6.42 Å². The lowest BCUT2D eigenvalue weighted by Gasteiger charge is -2.13. The van der Waals surface area contributed by atoms with Gasteiger partial charge in [-0.15, -0.1) is 0 Å². The first-order chi connectivity index (χ1) is 7.90.